The van der Waals surface area contributed by atoms with E-state index in [2.05, 4.69) is 11.2 Å². The molecule has 1 unspecified atom stereocenters. The fraction of sp³-hybridized carbons (Fsp3) is 0.385. The highest BCUT2D eigenvalue weighted by molar-refractivity contribution is 5.45. The predicted molar refractivity (Wildman–Crippen MR) is 62.8 cm³/mol. The molecule has 1 atom stereocenters. The Kier molecular flexibility index (Phi) is 3.76. The zero-order valence-electron chi connectivity index (χ0n) is 9.46. The van der Waals surface area contributed by atoms with E-state index in [1.165, 1.54) is 0 Å². The molecule has 0 aliphatic heterocycles. The topological polar surface area (TPSA) is 32.3 Å². The number of phenolic OH excluding ortho intramolecular Hbond substituents is 1. The minimum atomic E-state index is 0.0698. The molecule has 1 aromatic carbocycles. The van der Waals surface area contributed by atoms with E-state index >= 15 is 0 Å². The maximum Gasteiger partial charge on any atom is 0.123 e. The minimum Gasteiger partial charge on any atom is -0.507 e. The molecule has 0 fully saturated rings. The summed E-state index contributed by atoms with van der Waals surface area (Å²) in [7, 11) is 0. The SMILES string of the molecule is C#CCNC(C)c1ccc(C)c(C)c1O. The van der Waals surface area contributed by atoms with Crippen LogP contribution in [0.3, 0.4) is 0 Å². The van der Waals surface area contributed by atoms with Gasteiger partial charge in [-0.1, -0.05) is 18.1 Å². The predicted octanol–water partition coefficient (Wildman–Crippen LogP) is 2.29. The molecule has 0 aromatic heterocycles. The Balaban J connectivity index is 2.96. The van der Waals surface area contributed by atoms with Crippen molar-refractivity contribution in [3.8, 4) is 18.1 Å². The van der Waals surface area contributed by atoms with Gasteiger partial charge in [-0.3, -0.25) is 5.32 Å². The summed E-state index contributed by atoms with van der Waals surface area (Å²) in [5.41, 5.74) is 2.93. The van der Waals surface area contributed by atoms with Crippen LogP contribution >= 0.6 is 0 Å². The molecule has 0 saturated heterocycles. The molecule has 15 heavy (non-hydrogen) atoms. The highest BCUT2D eigenvalue weighted by atomic mass is 16.3. The first-order valence-corrected chi connectivity index (χ1v) is 5.03. The number of phenols is 1. The maximum absolute atomic E-state index is 9.96. The van der Waals surface area contributed by atoms with Crippen LogP contribution in [0.15, 0.2) is 12.1 Å². The van der Waals surface area contributed by atoms with E-state index in [4.69, 9.17) is 6.42 Å². The molecule has 0 amide bonds. The fourth-order valence-electron chi connectivity index (χ4n) is 1.49. The summed E-state index contributed by atoms with van der Waals surface area (Å²) >= 11 is 0. The Morgan fingerprint density at radius 3 is 2.73 bits per heavy atom. The van der Waals surface area contributed by atoms with Gasteiger partial charge in [-0.15, -0.1) is 6.42 Å². The summed E-state index contributed by atoms with van der Waals surface area (Å²) < 4.78 is 0. The summed E-state index contributed by atoms with van der Waals surface area (Å²) in [5.74, 6) is 2.89. The minimum absolute atomic E-state index is 0.0698. The summed E-state index contributed by atoms with van der Waals surface area (Å²) in [6, 6.07) is 4.02. The van der Waals surface area contributed by atoms with Gasteiger partial charge in [0.15, 0.2) is 0 Å². The summed E-state index contributed by atoms with van der Waals surface area (Å²) in [6.45, 7) is 6.40. The third kappa shape index (κ3) is 2.51. The normalized spacial score (nSPS) is 12.1. The number of hydrogen-bond acceptors (Lipinski definition) is 2. The molecular formula is C13H17NO. The van der Waals surface area contributed by atoms with Gasteiger partial charge in [0.25, 0.3) is 0 Å². The number of terminal acetylenes is 1. The van der Waals surface area contributed by atoms with Crippen molar-refractivity contribution in [1.29, 1.82) is 0 Å². The highest BCUT2D eigenvalue weighted by Crippen LogP contribution is 2.29. The Bertz CT molecular complexity index is 390. The van der Waals surface area contributed by atoms with E-state index in [9.17, 15) is 5.11 Å². The van der Waals surface area contributed by atoms with E-state index in [1.807, 2.05) is 32.9 Å². The second kappa shape index (κ2) is 4.86. The molecule has 0 heterocycles. The van der Waals surface area contributed by atoms with Crippen LogP contribution in [0.25, 0.3) is 0 Å². The van der Waals surface area contributed by atoms with Gasteiger partial charge in [0, 0.05) is 11.6 Å². The molecule has 0 aliphatic rings. The average Bonchev–Trinajstić information content (AvgIpc) is 2.23. The smallest absolute Gasteiger partial charge is 0.123 e. The summed E-state index contributed by atoms with van der Waals surface area (Å²) in [6.07, 6.45) is 5.17. The number of nitrogens with one attached hydrogen (secondary N) is 1. The van der Waals surface area contributed by atoms with Crippen LogP contribution in [0.5, 0.6) is 5.75 Å². The molecule has 0 spiro atoms. The molecule has 0 aliphatic carbocycles. The summed E-state index contributed by atoms with van der Waals surface area (Å²) in [4.78, 5) is 0. The van der Waals surface area contributed by atoms with Crippen molar-refractivity contribution in [3.63, 3.8) is 0 Å². The van der Waals surface area contributed by atoms with Crippen LogP contribution in [-0.2, 0) is 0 Å². The third-order valence-electron chi connectivity index (χ3n) is 2.71. The zero-order valence-corrected chi connectivity index (χ0v) is 9.46. The van der Waals surface area contributed by atoms with Crippen molar-refractivity contribution in [2.45, 2.75) is 26.8 Å². The van der Waals surface area contributed by atoms with Crippen molar-refractivity contribution in [1.82, 2.24) is 5.32 Å². The van der Waals surface area contributed by atoms with Crippen LogP contribution in [-0.4, -0.2) is 11.7 Å². The van der Waals surface area contributed by atoms with Crippen LogP contribution < -0.4 is 5.32 Å². The molecule has 80 valence electrons. The molecule has 0 bridgehead atoms. The third-order valence-corrected chi connectivity index (χ3v) is 2.71. The first kappa shape index (κ1) is 11.6. The van der Waals surface area contributed by atoms with E-state index in [0.29, 0.717) is 12.3 Å². The van der Waals surface area contributed by atoms with Crippen LogP contribution in [0.2, 0.25) is 0 Å². The second-order valence-electron chi connectivity index (χ2n) is 3.75. The quantitative estimate of drug-likeness (QED) is 0.739. The lowest BCUT2D eigenvalue weighted by Crippen LogP contribution is -2.18. The second-order valence-corrected chi connectivity index (χ2v) is 3.75. The zero-order chi connectivity index (χ0) is 11.4. The van der Waals surface area contributed by atoms with Gasteiger partial charge in [0.05, 0.1) is 6.54 Å². The Morgan fingerprint density at radius 1 is 1.47 bits per heavy atom. The van der Waals surface area contributed by atoms with E-state index < -0.39 is 0 Å². The van der Waals surface area contributed by atoms with Gasteiger partial charge < -0.3 is 5.11 Å². The largest absolute Gasteiger partial charge is 0.507 e. The Morgan fingerprint density at radius 2 is 2.13 bits per heavy atom. The number of benzene rings is 1. The first-order chi connectivity index (χ1) is 7.07. The van der Waals surface area contributed by atoms with E-state index in [0.717, 1.165) is 16.7 Å². The van der Waals surface area contributed by atoms with Crippen LogP contribution in [0.1, 0.15) is 29.7 Å². The Hall–Kier alpha value is -1.46. The van der Waals surface area contributed by atoms with E-state index in [1.54, 1.807) is 0 Å². The molecule has 0 radical (unpaired) electrons. The molecule has 2 nitrogen and oxygen atoms in total. The Labute approximate surface area is 91.3 Å². The van der Waals surface area contributed by atoms with Crippen LogP contribution in [0.4, 0.5) is 0 Å². The van der Waals surface area contributed by atoms with Crippen molar-refractivity contribution < 1.29 is 5.11 Å². The number of rotatable bonds is 3. The lowest BCUT2D eigenvalue weighted by atomic mass is 10.00. The average molecular weight is 203 g/mol. The van der Waals surface area contributed by atoms with Crippen molar-refractivity contribution in [2.24, 2.45) is 0 Å². The number of aromatic hydroxyl groups is 1. The highest BCUT2D eigenvalue weighted by Gasteiger charge is 2.11. The summed E-state index contributed by atoms with van der Waals surface area (Å²) in [5, 5.41) is 13.1. The molecule has 1 aromatic rings. The standard InChI is InChI=1S/C13H17NO/c1-5-8-14-11(4)12-7-6-9(2)10(3)13(12)15/h1,6-7,11,14-15H,8H2,2-4H3. The van der Waals surface area contributed by atoms with Crippen molar-refractivity contribution in [2.75, 3.05) is 6.54 Å². The molecule has 2 N–H and O–H groups in total. The van der Waals surface area contributed by atoms with Gasteiger partial charge >= 0.3 is 0 Å². The molecule has 1 rings (SSSR count). The lowest BCUT2D eigenvalue weighted by Gasteiger charge is -2.16. The molecule has 2 heteroatoms. The molecule has 0 saturated carbocycles. The van der Waals surface area contributed by atoms with Crippen LogP contribution in [0, 0.1) is 26.2 Å². The van der Waals surface area contributed by atoms with Gasteiger partial charge in [0.1, 0.15) is 5.75 Å². The number of aryl methyl sites for hydroxylation is 1. The lowest BCUT2D eigenvalue weighted by molar-refractivity contribution is 0.451. The van der Waals surface area contributed by atoms with Gasteiger partial charge in [0.2, 0.25) is 0 Å². The number of hydrogen-bond donors (Lipinski definition) is 2. The maximum atomic E-state index is 9.96. The van der Waals surface area contributed by atoms with Gasteiger partial charge in [-0.25, -0.2) is 0 Å². The monoisotopic (exact) mass is 203 g/mol. The fourth-order valence-corrected chi connectivity index (χ4v) is 1.49. The molecular weight excluding hydrogens is 186 g/mol. The first-order valence-electron chi connectivity index (χ1n) is 5.03. The van der Waals surface area contributed by atoms with E-state index in [-0.39, 0.29) is 6.04 Å². The van der Waals surface area contributed by atoms with Crippen molar-refractivity contribution >= 4 is 0 Å². The van der Waals surface area contributed by atoms with Gasteiger partial charge in [-0.2, -0.15) is 0 Å². The van der Waals surface area contributed by atoms with Crippen molar-refractivity contribution in [3.05, 3.63) is 28.8 Å². The van der Waals surface area contributed by atoms with Gasteiger partial charge in [-0.05, 0) is 31.9 Å².